The monoisotopic (exact) mass is 450 g/mol. The number of aromatic nitrogens is 2. The zero-order chi connectivity index (χ0) is 23.4. The van der Waals surface area contributed by atoms with Gasteiger partial charge in [0.15, 0.2) is 0 Å². The zero-order valence-electron chi connectivity index (χ0n) is 19.3. The highest BCUT2D eigenvalue weighted by Gasteiger charge is 2.24. The fourth-order valence-corrected chi connectivity index (χ4v) is 3.98. The molecule has 2 aromatic heterocycles. The van der Waals surface area contributed by atoms with Gasteiger partial charge in [-0.3, -0.25) is 4.79 Å². The summed E-state index contributed by atoms with van der Waals surface area (Å²) in [5.41, 5.74) is 1.61. The smallest absolute Gasteiger partial charge is 0.409 e. The van der Waals surface area contributed by atoms with E-state index in [0.29, 0.717) is 31.0 Å². The number of hydrogen-bond donors (Lipinski definition) is 1. The van der Waals surface area contributed by atoms with Crippen LogP contribution in [0.5, 0.6) is 5.75 Å². The van der Waals surface area contributed by atoms with Gasteiger partial charge in [0.25, 0.3) is 5.91 Å². The number of rotatable bonds is 6. The van der Waals surface area contributed by atoms with Gasteiger partial charge in [0.05, 0.1) is 18.3 Å². The quantitative estimate of drug-likeness (QED) is 0.609. The van der Waals surface area contributed by atoms with Gasteiger partial charge in [-0.15, -0.1) is 0 Å². The van der Waals surface area contributed by atoms with Crippen molar-refractivity contribution >= 4 is 22.9 Å². The Labute approximate surface area is 193 Å². The van der Waals surface area contributed by atoms with Crippen molar-refractivity contribution in [1.82, 2.24) is 19.8 Å². The summed E-state index contributed by atoms with van der Waals surface area (Å²) in [7, 11) is 0. The van der Waals surface area contributed by atoms with Gasteiger partial charge in [-0.25, -0.2) is 9.78 Å². The third-order valence-electron chi connectivity index (χ3n) is 5.61. The second-order valence-corrected chi connectivity index (χ2v) is 8.44. The van der Waals surface area contributed by atoms with Crippen LogP contribution in [0, 0.1) is 0 Å². The van der Waals surface area contributed by atoms with Gasteiger partial charge in [-0.1, -0.05) is 0 Å². The van der Waals surface area contributed by atoms with E-state index in [4.69, 9.17) is 9.47 Å². The van der Waals surface area contributed by atoms with E-state index in [1.807, 2.05) is 67.9 Å². The Kier molecular flexibility index (Phi) is 6.82. The lowest BCUT2D eigenvalue weighted by Crippen LogP contribution is -2.42. The first-order valence-corrected chi connectivity index (χ1v) is 11.4. The Morgan fingerprint density at radius 2 is 1.94 bits per heavy atom. The number of pyridine rings is 1. The minimum Gasteiger partial charge on any atom is -0.489 e. The minimum atomic E-state index is -0.256. The van der Waals surface area contributed by atoms with Crippen molar-refractivity contribution < 1.29 is 19.1 Å². The number of fused-ring (bicyclic) bond motifs is 1. The van der Waals surface area contributed by atoms with E-state index in [0.717, 1.165) is 29.6 Å². The van der Waals surface area contributed by atoms with Gasteiger partial charge >= 0.3 is 6.09 Å². The molecule has 0 aliphatic carbocycles. The summed E-state index contributed by atoms with van der Waals surface area (Å²) in [5, 5.41) is 3.89. The molecule has 8 nitrogen and oxygen atoms in total. The summed E-state index contributed by atoms with van der Waals surface area (Å²) < 4.78 is 13.1. The first-order valence-electron chi connectivity index (χ1n) is 11.4. The van der Waals surface area contributed by atoms with Crippen LogP contribution in [0.4, 0.5) is 4.79 Å². The molecule has 174 valence electrons. The number of piperidine rings is 1. The molecule has 3 heterocycles. The lowest BCUT2D eigenvalue weighted by atomic mass is 10.1. The molecule has 1 fully saturated rings. The number of ether oxygens (including phenoxy) is 2. The van der Waals surface area contributed by atoms with E-state index in [2.05, 4.69) is 10.3 Å². The maximum Gasteiger partial charge on any atom is 0.409 e. The molecule has 1 aliphatic rings. The molecule has 0 radical (unpaired) electrons. The molecule has 0 saturated carbocycles. The van der Waals surface area contributed by atoms with Crippen LogP contribution in [0.25, 0.3) is 16.7 Å². The number of likely N-dealkylation sites (tertiary alicyclic amines) is 1. The number of nitrogens with zero attached hydrogens (tertiary/aromatic N) is 3. The largest absolute Gasteiger partial charge is 0.489 e. The molecule has 0 bridgehead atoms. The average molecular weight is 451 g/mol. The molecule has 1 N–H and O–H groups in total. The number of hydrogen-bond acceptors (Lipinski definition) is 5. The van der Waals surface area contributed by atoms with Crippen LogP contribution in [0.1, 0.15) is 44.0 Å². The summed E-state index contributed by atoms with van der Waals surface area (Å²) in [6.07, 6.45) is 4.98. The third-order valence-corrected chi connectivity index (χ3v) is 5.61. The maximum absolute atomic E-state index is 12.3. The predicted octanol–water partition coefficient (Wildman–Crippen LogP) is 4.16. The Balaban J connectivity index is 1.40. The highest BCUT2D eigenvalue weighted by atomic mass is 16.6. The van der Waals surface area contributed by atoms with Crippen LogP contribution in [-0.4, -0.2) is 58.3 Å². The molecule has 1 saturated heterocycles. The Bertz CT molecular complexity index is 1120. The first kappa shape index (κ1) is 22.6. The van der Waals surface area contributed by atoms with Gasteiger partial charge in [-0.2, -0.15) is 0 Å². The van der Waals surface area contributed by atoms with Crippen molar-refractivity contribution in [1.29, 1.82) is 0 Å². The molecule has 1 aromatic carbocycles. The summed E-state index contributed by atoms with van der Waals surface area (Å²) in [6, 6.07) is 11.6. The lowest BCUT2D eigenvalue weighted by Gasteiger charge is -2.31. The molecule has 4 rings (SSSR count). The number of benzene rings is 1. The summed E-state index contributed by atoms with van der Waals surface area (Å²) in [5.74, 6) is 1.40. The number of carbonyl (C=O) groups is 2. The number of carbonyl (C=O) groups excluding carboxylic acids is 2. The lowest BCUT2D eigenvalue weighted by molar-refractivity contribution is 0.0702. The molecule has 0 atom stereocenters. The molecule has 3 aromatic rings. The molecule has 0 unspecified atom stereocenters. The zero-order valence-corrected chi connectivity index (χ0v) is 19.3. The van der Waals surface area contributed by atoms with Crippen molar-refractivity contribution in [3.05, 3.63) is 54.4 Å². The Morgan fingerprint density at radius 1 is 1.15 bits per heavy atom. The first-order chi connectivity index (χ1) is 15.9. The van der Waals surface area contributed by atoms with E-state index in [1.165, 1.54) is 0 Å². The van der Waals surface area contributed by atoms with Gasteiger partial charge < -0.3 is 24.3 Å². The van der Waals surface area contributed by atoms with Crippen LogP contribution in [-0.2, 0) is 4.74 Å². The van der Waals surface area contributed by atoms with Crippen molar-refractivity contribution in [3.8, 4) is 11.6 Å². The molecule has 8 heteroatoms. The van der Waals surface area contributed by atoms with Crippen LogP contribution in [0.3, 0.4) is 0 Å². The van der Waals surface area contributed by atoms with Crippen LogP contribution in [0.2, 0.25) is 0 Å². The van der Waals surface area contributed by atoms with Crippen molar-refractivity contribution in [2.75, 3.05) is 19.7 Å². The van der Waals surface area contributed by atoms with Crippen molar-refractivity contribution in [2.24, 2.45) is 0 Å². The second-order valence-electron chi connectivity index (χ2n) is 8.44. The van der Waals surface area contributed by atoms with Crippen LogP contribution >= 0.6 is 0 Å². The van der Waals surface area contributed by atoms with E-state index in [1.54, 1.807) is 11.1 Å². The maximum atomic E-state index is 12.3. The molecule has 2 amide bonds. The molecule has 0 spiro atoms. The van der Waals surface area contributed by atoms with E-state index in [9.17, 15) is 9.59 Å². The summed E-state index contributed by atoms with van der Waals surface area (Å²) in [4.78, 5) is 30.4. The highest BCUT2D eigenvalue weighted by Crippen LogP contribution is 2.23. The van der Waals surface area contributed by atoms with Gasteiger partial charge in [0, 0.05) is 49.1 Å². The number of nitrogens with one attached hydrogen (secondary N) is 1. The fraction of sp³-hybridized carbons (Fsp3) is 0.400. The van der Waals surface area contributed by atoms with Crippen LogP contribution in [0.15, 0.2) is 48.8 Å². The Morgan fingerprint density at radius 3 is 2.61 bits per heavy atom. The van der Waals surface area contributed by atoms with Crippen molar-refractivity contribution in [3.63, 3.8) is 0 Å². The van der Waals surface area contributed by atoms with Gasteiger partial charge in [-0.05, 0) is 57.2 Å². The average Bonchev–Trinajstić information content (AvgIpc) is 3.23. The van der Waals surface area contributed by atoms with E-state index >= 15 is 0 Å². The summed E-state index contributed by atoms with van der Waals surface area (Å²) >= 11 is 0. The second kappa shape index (κ2) is 9.94. The normalized spacial score (nSPS) is 14.5. The van der Waals surface area contributed by atoms with E-state index in [-0.39, 0.29) is 24.1 Å². The predicted molar refractivity (Wildman–Crippen MR) is 126 cm³/mol. The van der Waals surface area contributed by atoms with E-state index < -0.39 is 0 Å². The molecule has 33 heavy (non-hydrogen) atoms. The topological polar surface area (TPSA) is 85.7 Å². The standard InChI is InChI=1S/C25H30N4O4/c1-4-32-25(31)28-12-10-20(11-13-28)33-21-6-8-23(26-16-21)29-14-9-18-15-19(5-7-22(18)29)24(30)27-17(2)3/h5-9,14-17,20H,4,10-13H2,1-3H3,(H,27,30). The van der Waals surface area contributed by atoms with Crippen molar-refractivity contribution in [2.45, 2.75) is 45.8 Å². The molecular formula is C25H30N4O4. The highest BCUT2D eigenvalue weighted by molar-refractivity contribution is 5.98. The Hall–Kier alpha value is -3.55. The SMILES string of the molecule is CCOC(=O)N1CCC(Oc2ccc(-n3ccc4cc(C(=O)NC(C)C)ccc43)nc2)CC1. The summed E-state index contributed by atoms with van der Waals surface area (Å²) in [6.45, 7) is 7.34. The third kappa shape index (κ3) is 5.27. The van der Waals surface area contributed by atoms with Gasteiger partial charge in [0.2, 0.25) is 0 Å². The molecular weight excluding hydrogens is 420 g/mol. The fourth-order valence-electron chi connectivity index (χ4n) is 3.98. The van der Waals surface area contributed by atoms with Crippen LogP contribution < -0.4 is 10.1 Å². The van der Waals surface area contributed by atoms with Gasteiger partial charge in [0.1, 0.15) is 17.7 Å². The number of amides is 2. The molecule has 1 aliphatic heterocycles. The minimum absolute atomic E-state index is 0.0474.